The van der Waals surface area contributed by atoms with Gasteiger partial charge in [0, 0.05) is 29.6 Å². The first-order valence-corrected chi connectivity index (χ1v) is 14.3. The van der Waals surface area contributed by atoms with Crippen molar-refractivity contribution in [1.29, 1.82) is 0 Å². The number of ether oxygens (including phenoxy) is 1. The van der Waals surface area contributed by atoms with E-state index in [-0.39, 0.29) is 11.8 Å². The Labute approximate surface area is 245 Å². The van der Waals surface area contributed by atoms with Crippen LogP contribution in [0.3, 0.4) is 0 Å². The van der Waals surface area contributed by atoms with Gasteiger partial charge in [-0.1, -0.05) is 54.2 Å². The van der Waals surface area contributed by atoms with Gasteiger partial charge in [-0.2, -0.15) is 4.99 Å². The maximum atomic E-state index is 12.8. The smallest absolute Gasteiger partial charge is 0.406 e. The lowest BCUT2D eigenvalue weighted by atomic mass is 10.1. The second-order valence-electron chi connectivity index (χ2n) is 9.90. The Morgan fingerprint density at radius 3 is 2.43 bits per heavy atom. The molecule has 0 radical (unpaired) electrons. The number of anilines is 1. The van der Waals surface area contributed by atoms with Gasteiger partial charge >= 0.3 is 12.4 Å². The molecule has 1 unspecified atom stereocenters. The number of benzene rings is 3. The van der Waals surface area contributed by atoms with Gasteiger partial charge in [0.25, 0.3) is 0 Å². The molecular weight excluding hydrogens is 565 g/mol. The number of nitrogens with one attached hydrogen (secondary N) is 1. The number of alkyl halides is 3. The second kappa shape index (κ2) is 12.3. The van der Waals surface area contributed by atoms with E-state index in [2.05, 4.69) is 62.9 Å². The Morgan fingerprint density at radius 1 is 1.07 bits per heavy atom. The molecular formula is C30H29F3N6O2S. The Morgan fingerprint density at radius 2 is 1.76 bits per heavy atom. The number of carbonyl (C=O) groups excluding carboxylic acids is 1. The van der Waals surface area contributed by atoms with E-state index in [4.69, 9.17) is 0 Å². The fourth-order valence-corrected chi connectivity index (χ4v) is 5.89. The molecule has 1 aliphatic rings. The summed E-state index contributed by atoms with van der Waals surface area (Å²) in [5.74, 6) is 1.03. The molecule has 0 bridgehead atoms. The molecule has 8 nitrogen and oxygen atoms in total. The van der Waals surface area contributed by atoms with Crippen molar-refractivity contribution in [2.45, 2.75) is 46.1 Å². The van der Waals surface area contributed by atoms with E-state index in [1.807, 2.05) is 30.3 Å². The number of amides is 2. The number of thioether (sulfide) groups is 1. The highest BCUT2D eigenvalue weighted by Crippen LogP contribution is 2.34. The number of hydrogen-bond acceptors (Lipinski definition) is 5. The minimum absolute atomic E-state index is 0.227. The van der Waals surface area contributed by atoms with Gasteiger partial charge in [0.1, 0.15) is 12.1 Å². The molecule has 4 aromatic rings. The number of para-hydroxylation sites is 1. The molecule has 1 aromatic heterocycles. The number of urea groups is 1. The van der Waals surface area contributed by atoms with Crippen molar-refractivity contribution < 1.29 is 22.7 Å². The summed E-state index contributed by atoms with van der Waals surface area (Å²) in [7, 11) is 0. The predicted molar refractivity (Wildman–Crippen MR) is 158 cm³/mol. The number of aliphatic imine (C=N–C) groups is 1. The van der Waals surface area contributed by atoms with Crippen LogP contribution in [-0.4, -0.2) is 44.1 Å². The monoisotopic (exact) mass is 594 g/mol. The summed E-state index contributed by atoms with van der Waals surface area (Å²) in [5.41, 5.74) is 5.55. The van der Waals surface area contributed by atoms with Crippen LogP contribution in [0.5, 0.6) is 5.75 Å². The minimum Gasteiger partial charge on any atom is -0.406 e. The highest BCUT2D eigenvalue weighted by atomic mass is 32.2. The topological polar surface area (TPSA) is 84.6 Å². The Balaban J connectivity index is 1.22. The van der Waals surface area contributed by atoms with E-state index in [9.17, 15) is 18.0 Å². The summed E-state index contributed by atoms with van der Waals surface area (Å²) in [4.78, 5) is 23.7. The van der Waals surface area contributed by atoms with Gasteiger partial charge in [-0.25, -0.2) is 14.5 Å². The number of carbonyl (C=O) groups is 1. The molecule has 0 saturated carbocycles. The Hall–Kier alpha value is -4.32. The van der Waals surface area contributed by atoms with E-state index >= 15 is 0 Å². The zero-order chi connectivity index (χ0) is 29.9. The first-order chi connectivity index (χ1) is 20.1. The van der Waals surface area contributed by atoms with Crippen molar-refractivity contribution in [3.63, 3.8) is 0 Å². The molecule has 5 rings (SSSR count). The van der Waals surface area contributed by atoms with E-state index in [1.54, 1.807) is 11.8 Å². The third-order valence-corrected chi connectivity index (χ3v) is 7.76. The molecule has 42 heavy (non-hydrogen) atoms. The van der Waals surface area contributed by atoms with Crippen LogP contribution in [-0.2, 0) is 6.54 Å². The number of rotatable bonds is 6. The molecule has 2 heterocycles. The van der Waals surface area contributed by atoms with E-state index in [0.717, 1.165) is 40.1 Å². The number of amidine groups is 1. The molecule has 12 heteroatoms. The van der Waals surface area contributed by atoms with Crippen LogP contribution in [0.2, 0.25) is 0 Å². The SMILES string of the molecule is Cc1cccc(C)c1N1C(=NC(=O)NCc2ccc(-c3ncn(-c4ccc(OC(F)(F)F)cc4)n3)cc2)SCCC1C. The van der Waals surface area contributed by atoms with Gasteiger partial charge in [0.2, 0.25) is 0 Å². The van der Waals surface area contributed by atoms with Crippen molar-refractivity contribution in [2.24, 2.45) is 4.99 Å². The normalized spacial score (nSPS) is 16.5. The standard InChI is InChI=1S/C30H29F3N6O2S/c1-19-5-4-6-20(2)26(19)39-21(3)15-16-42-29(39)36-28(40)34-17-22-7-9-23(10-8-22)27-35-18-38(37-27)24-11-13-25(14-12-24)41-30(31,32)33/h4-14,18,21H,15-17H2,1-3H3,(H,34,40). The van der Waals surface area contributed by atoms with Gasteiger partial charge in [-0.15, -0.1) is 18.3 Å². The molecule has 0 aliphatic carbocycles. The maximum absolute atomic E-state index is 12.8. The fourth-order valence-electron chi connectivity index (χ4n) is 4.69. The third-order valence-electron chi connectivity index (χ3n) is 6.77. The molecule has 1 N–H and O–H groups in total. The summed E-state index contributed by atoms with van der Waals surface area (Å²) >= 11 is 1.59. The van der Waals surface area contributed by atoms with Crippen LogP contribution in [0.1, 0.15) is 30.0 Å². The van der Waals surface area contributed by atoms with Crippen LogP contribution < -0.4 is 15.0 Å². The van der Waals surface area contributed by atoms with Crippen molar-refractivity contribution in [3.05, 3.63) is 89.7 Å². The average molecular weight is 595 g/mol. The predicted octanol–water partition coefficient (Wildman–Crippen LogP) is 7.05. The quantitative estimate of drug-likeness (QED) is 0.258. The highest BCUT2D eigenvalue weighted by molar-refractivity contribution is 8.14. The molecule has 1 saturated heterocycles. The second-order valence-corrected chi connectivity index (χ2v) is 11.0. The molecule has 3 aromatic carbocycles. The van der Waals surface area contributed by atoms with E-state index < -0.39 is 12.4 Å². The maximum Gasteiger partial charge on any atom is 0.573 e. The summed E-state index contributed by atoms with van der Waals surface area (Å²) in [6, 6.07) is 18.8. The van der Waals surface area contributed by atoms with Crippen molar-refractivity contribution in [1.82, 2.24) is 20.1 Å². The summed E-state index contributed by atoms with van der Waals surface area (Å²) in [5, 5.41) is 8.00. The van der Waals surface area contributed by atoms with Crippen LogP contribution in [0.15, 0.2) is 78.0 Å². The highest BCUT2D eigenvalue weighted by Gasteiger charge is 2.31. The summed E-state index contributed by atoms with van der Waals surface area (Å²) in [6.45, 7) is 6.60. The number of halogens is 3. The fraction of sp³-hybridized carbons (Fsp3) is 0.267. The molecule has 2 amide bonds. The van der Waals surface area contributed by atoms with Crippen LogP contribution in [0.25, 0.3) is 17.1 Å². The Bertz CT molecular complexity index is 1570. The van der Waals surface area contributed by atoms with Gasteiger partial charge in [0.05, 0.1) is 5.69 Å². The number of aryl methyl sites for hydroxylation is 2. The molecule has 0 spiro atoms. The number of aromatic nitrogens is 3. The molecule has 1 atom stereocenters. The largest absolute Gasteiger partial charge is 0.573 e. The summed E-state index contributed by atoms with van der Waals surface area (Å²) < 4.78 is 42.6. The lowest BCUT2D eigenvalue weighted by Crippen LogP contribution is -2.43. The first-order valence-electron chi connectivity index (χ1n) is 13.3. The van der Waals surface area contributed by atoms with E-state index in [1.165, 1.54) is 35.3 Å². The van der Waals surface area contributed by atoms with Crippen LogP contribution in [0, 0.1) is 13.8 Å². The zero-order valence-corrected chi connectivity index (χ0v) is 24.0. The lowest BCUT2D eigenvalue weighted by molar-refractivity contribution is -0.274. The third kappa shape index (κ3) is 6.93. The van der Waals surface area contributed by atoms with Crippen molar-refractivity contribution >= 4 is 28.6 Å². The lowest BCUT2D eigenvalue weighted by Gasteiger charge is -2.37. The zero-order valence-electron chi connectivity index (χ0n) is 23.2. The van der Waals surface area contributed by atoms with Crippen LogP contribution >= 0.6 is 11.8 Å². The molecule has 1 fully saturated rings. The van der Waals surface area contributed by atoms with Gasteiger partial charge in [0.15, 0.2) is 11.0 Å². The number of hydrogen-bond donors (Lipinski definition) is 1. The van der Waals surface area contributed by atoms with Gasteiger partial charge in [-0.05, 0) is 68.1 Å². The Kier molecular flexibility index (Phi) is 8.53. The van der Waals surface area contributed by atoms with Gasteiger partial charge in [-0.3, -0.25) is 0 Å². The van der Waals surface area contributed by atoms with Crippen molar-refractivity contribution in [2.75, 3.05) is 10.7 Å². The summed E-state index contributed by atoms with van der Waals surface area (Å²) in [6.07, 6.45) is -2.27. The molecule has 218 valence electrons. The van der Waals surface area contributed by atoms with Gasteiger partial charge < -0.3 is 15.0 Å². The van der Waals surface area contributed by atoms with Crippen molar-refractivity contribution in [3.8, 4) is 22.8 Å². The minimum atomic E-state index is -4.75. The first kappa shape index (κ1) is 29.2. The van der Waals surface area contributed by atoms with E-state index in [0.29, 0.717) is 23.2 Å². The average Bonchev–Trinajstić information content (AvgIpc) is 3.43. The number of nitrogens with zero attached hydrogens (tertiary/aromatic N) is 5. The molecule has 1 aliphatic heterocycles. The van der Waals surface area contributed by atoms with Crippen LogP contribution in [0.4, 0.5) is 23.7 Å².